The first-order valence-corrected chi connectivity index (χ1v) is 24.9. The van der Waals surface area contributed by atoms with E-state index in [0.29, 0.717) is 6.61 Å². The van der Waals surface area contributed by atoms with Crippen molar-refractivity contribution in [1.29, 1.82) is 0 Å². The summed E-state index contributed by atoms with van der Waals surface area (Å²) in [6.45, 7) is 4.66. The Kier molecular flexibility index (Phi) is 45.0. The van der Waals surface area contributed by atoms with Crippen LogP contribution in [-0.4, -0.2) is 49.9 Å². The van der Waals surface area contributed by atoms with Crippen LogP contribution in [0.15, 0.2) is 109 Å². The van der Waals surface area contributed by atoms with Crippen LogP contribution in [0.4, 0.5) is 0 Å². The molecule has 0 saturated carbocycles. The lowest BCUT2D eigenvalue weighted by atomic mass is 10.1. The lowest BCUT2D eigenvalue weighted by molar-refractivity contribution is -0.154. The van der Waals surface area contributed by atoms with Crippen molar-refractivity contribution in [3.05, 3.63) is 109 Å². The summed E-state index contributed by atoms with van der Waals surface area (Å²) in [6, 6.07) is 0. The van der Waals surface area contributed by atoms with Crippen LogP contribution in [0.1, 0.15) is 168 Å². The maximum Gasteiger partial charge on any atom is 0.472 e. The van der Waals surface area contributed by atoms with Crippen LogP contribution < -0.4 is 5.73 Å². The molecule has 0 bridgehead atoms. The van der Waals surface area contributed by atoms with Crippen LogP contribution in [-0.2, 0) is 27.9 Å². The minimum Gasteiger partial charge on any atom is -0.457 e. The van der Waals surface area contributed by atoms with Crippen molar-refractivity contribution in [3.63, 3.8) is 0 Å². The highest BCUT2D eigenvalue weighted by molar-refractivity contribution is 7.47. The van der Waals surface area contributed by atoms with Crippen LogP contribution in [0, 0.1) is 0 Å². The number of esters is 1. The lowest BCUT2D eigenvalue weighted by Gasteiger charge is -2.20. The fourth-order valence-corrected chi connectivity index (χ4v) is 6.53. The molecule has 0 fully saturated rings. The van der Waals surface area contributed by atoms with Crippen molar-refractivity contribution in [1.82, 2.24) is 0 Å². The van der Waals surface area contributed by atoms with E-state index in [2.05, 4.69) is 123 Å². The number of hydrogen-bond donors (Lipinski definition) is 2. The molecular formula is C51H86NO7P. The van der Waals surface area contributed by atoms with Gasteiger partial charge in [0.15, 0.2) is 0 Å². The third-order valence-electron chi connectivity index (χ3n) is 9.17. The number of allylic oxidation sites excluding steroid dienone is 18. The average Bonchev–Trinajstić information content (AvgIpc) is 3.24. The van der Waals surface area contributed by atoms with E-state index in [9.17, 15) is 14.3 Å². The van der Waals surface area contributed by atoms with Gasteiger partial charge in [0.25, 0.3) is 0 Å². The monoisotopic (exact) mass is 856 g/mol. The molecule has 0 aliphatic carbocycles. The summed E-state index contributed by atoms with van der Waals surface area (Å²) in [6.07, 6.45) is 64.0. The molecule has 0 aromatic rings. The number of carbonyl (C=O) groups is 1. The van der Waals surface area contributed by atoms with Crippen molar-refractivity contribution in [2.45, 2.75) is 174 Å². The fraction of sp³-hybridized carbons (Fsp3) is 0.627. The molecule has 342 valence electrons. The van der Waals surface area contributed by atoms with E-state index >= 15 is 0 Å². The highest BCUT2D eigenvalue weighted by Gasteiger charge is 2.25. The van der Waals surface area contributed by atoms with E-state index < -0.39 is 13.9 Å². The average molecular weight is 856 g/mol. The van der Waals surface area contributed by atoms with Crippen LogP contribution in [0.25, 0.3) is 0 Å². The maximum absolute atomic E-state index is 12.6. The number of nitrogens with two attached hydrogens (primary N) is 1. The molecule has 0 heterocycles. The Morgan fingerprint density at radius 2 is 0.933 bits per heavy atom. The largest absolute Gasteiger partial charge is 0.472 e. The Labute approximate surface area is 367 Å². The summed E-state index contributed by atoms with van der Waals surface area (Å²) < 4.78 is 33.4. The van der Waals surface area contributed by atoms with Gasteiger partial charge in [0.05, 0.1) is 19.8 Å². The number of carbonyl (C=O) groups excluding carboxylic acids is 1. The first-order valence-electron chi connectivity index (χ1n) is 23.4. The molecule has 0 aliphatic heterocycles. The molecule has 0 aromatic heterocycles. The van der Waals surface area contributed by atoms with Gasteiger partial charge in [-0.3, -0.25) is 13.8 Å². The van der Waals surface area contributed by atoms with Crippen LogP contribution in [0.5, 0.6) is 0 Å². The number of hydrogen-bond acceptors (Lipinski definition) is 7. The fourth-order valence-electron chi connectivity index (χ4n) is 5.77. The smallest absolute Gasteiger partial charge is 0.457 e. The first-order chi connectivity index (χ1) is 29.4. The number of rotatable bonds is 43. The second-order valence-electron chi connectivity index (χ2n) is 14.9. The molecule has 3 N–H and O–H groups in total. The predicted molar refractivity (Wildman–Crippen MR) is 256 cm³/mol. The van der Waals surface area contributed by atoms with Gasteiger partial charge < -0.3 is 20.1 Å². The molecule has 0 amide bonds. The molecule has 0 aromatic carbocycles. The molecule has 0 spiro atoms. The molecule has 2 unspecified atom stereocenters. The Morgan fingerprint density at radius 3 is 1.40 bits per heavy atom. The summed E-state index contributed by atoms with van der Waals surface area (Å²) >= 11 is 0. The van der Waals surface area contributed by atoms with Crippen LogP contribution in [0.2, 0.25) is 0 Å². The molecule has 2 atom stereocenters. The normalized spacial score (nSPS) is 14.4. The third-order valence-corrected chi connectivity index (χ3v) is 10.2. The van der Waals surface area contributed by atoms with Gasteiger partial charge in [-0.05, 0) is 103 Å². The zero-order valence-corrected chi connectivity index (χ0v) is 38.8. The van der Waals surface area contributed by atoms with Gasteiger partial charge >= 0.3 is 13.8 Å². The minimum atomic E-state index is -4.30. The standard InChI is InChI=1S/C51H86NO7P/c1-3-5-7-9-11-13-15-17-19-20-21-22-23-24-25-26-27-28-29-31-33-35-37-39-41-43-46-56-48-50(49-58-60(54,55)57-47-45-52)59-51(53)44-42-40-38-36-34-32-30-18-16-14-12-10-8-6-4-2/h5,7,11-14,17-19,21-22,24-25,27-28,30-31,33,50H,3-4,6,8-10,15-16,20,23,26,29,32,34-49,52H2,1-2H3,(H,54,55)/b7-5-,13-11-,14-12-,19-17-,22-21-,25-24-,28-27-,30-18-,33-31-. The van der Waals surface area contributed by atoms with Gasteiger partial charge in [-0.1, -0.05) is 168 Å². The summed E-state index contributed by atoms with van der Waals surface area (Å²) in [5, 5.41) is 0. The van der Waals surface area contributed by atoms with E-state index in [1.807, 2.05) is 0 Å². The highest BCUT2D eigenvalue weighted by atomic mass is 31.2. The summed E-state index contributed by atoms with van der Waals surface area (Å²) in [5.41, 5.74) is 5.37. The Bertz CT molecular complexity index is 1280. The second-order valence-corrected chi connectivity index (χ2v) is 16.3. The Morgan fingerprint density at radius 1 is 0.517 bits per heavy atom. The minimum absolute atomic E-state index is 0.0854. The van der Waals surface area contributed by atoms with Crippen LogP contribution in [0.3, 0.4) is 0 Å². The van der Waals surface area contributed by atoms with Crippen molar-refractivity contribution >= 4 is 13.8 Å². The van der Waals surface area contributed by atoms with E-state index in [1.165, 1.54) is 25.7 Å². The molecule has 60 heavy (non-hydrogen) atoms. The Balaban J connectivity index is 4.10. The molecule has 9 heteroatoms. The molecule has 0 saturated heterocycles. The van der Waals surface area contributed by atoms with E-state index in [1.54, 1.807) is 0 Å². The second kappa shape index (κ2) is 47.2. The van der Waals surface area contributed by atoms with E-state index in [4.69, 9.17) is 24.3 Å². The maximum atomic E-state index is 12.6. The van der Waals surface area contributed by atoms with Crippen molar-refractivity contribution in [2.75, 3.05) is 33.0 Å². The summed E-state index contributed by atoms with van der Waals surface area (Å²) in [4.78, 5) is 22.5. The topological polar surface area (TPSA) is 117 Å². The number of phosphoric ester groups is 1. The molecule has 0 rings (SSSR count). The SMILES string of the molecule is CC/C=C\C/C=C\C/C=C\C/C=C\C/C=C\C/C=C\C/C=C\CCCCCCOCC(COP(=O)(O)OCCN)OC(=O)CCCCCCC/C=C\C/C=C\CCCCC. The number of phosphoric acid groups is 1. The van der Waals surface area contributed by atoms with Crippen molar-refractivity contribution in [2.24, 2.45) is 5.73 Å². The third kappa shape index (κ3) is 46.2. The van der Waals surface area contributed by atoms with E-state index in [0.717, 1.165) is 122 Å². The van der Waals surface area contributed by atoms with Gasteiger partial charge in [0, 0.05) is 19.6 Å². The summed E-state index contributed by atoms with van der Waals surface area (Å²) in [7, 11) is -4.30. The zero-order valence-electron chi connectivity index (χ0n) is 37.9. The van der Waals surface area contributed by atoms with Gasteiger partial charge in [-0.2, -0.15) is 0 Å². The van der Waals surface area contributed by atoms with Crippen LogP contribution >= 0.6 is 7.82 Å². The lowest BCUT2D eigenvalue weighted by Crippen LogP contribution is -2.28. The molecule has 0 radical (unpaired) electrons. The molecular weight excluding hydrogens is 770 g/mol. The van der Waals surface area contributed by atoms with Crippen molar-refractivity contribution in [3.8, 4) is 0 Å². The predicted octanol–water partition coefficient (Wildman–Crippen LogP) is 14.4. The molecule has 0 aliphatic rings. The van der Waals surface area contributed by atoms with Gasteiger partial charge in [-0.25, -0.2) is 4.57 Å². The molecule has 8 nitrogen and oxygen atoms in total. The Hall–Kier alpha value is -2.84. The van der Waals surface area contributed by atoms with Gasteiger partial charge in [0.2, 0.25) is 0 Å². The number of ether oxygens (including phenoxy) is 2. The van der Waals surface area contributed by atoms with Gasteiger partial charge in [-0.15, -0.1) is 0 Å². The zero-order chi connectivity index (χ0) is 43.7. The van der Waals surface area contributed by atoms with E-state index in [-0.39, 0.29) is 38.8 Å². The van der Waals surface area contributed by atoms with Gasteiger partial charge in [0.1, 0.15) is 6.10 Å². The highest BCUT2D eigenvalue weighted by Crippen LogP contribution is 2.43. The first kappa shape index (κ1) is 57.2. The quantitative estimate of drug-likeness (QED) is 0.0269. The number of unbranched alkanes of at least 4 members (excludes halogenated alkanes) is 12. The summed E-state index contributed by atoms with van der Waals surface area (Å²) in [5.74, 6) is -0.359. The van der Waals surface area contributed by atoms with Crippen molar-refractivity contribution < 1.29 is 32.8 Å².